The van der Waals surface area contributed by atoms with Crippen LogP contribution in [0.2, 0.25) is 0 Å². The second kappa shape index (κ2) is 4.29. The van der Waals surface area contributed by atoms with Crippen molar-refractivity contribution in [3.63, 3.8) is 0 Å². The first-order chi connectivity index (χ1) is 7.61. The molecule has 0 aliphatic carbocycles. The molecule has 0 amide bonds. The van der Waals surface area contributed by atoms with Crippen LogP contribution in [0.5, 0.6) is 0 Å². The SMILES string of the molecule is CC1(C)COB(c2cccc(C#N)c2)OC1. The quantitative estimate of drug-likeness (QED) is 0.663. The summed E-state index contributed by atoms with van der Waals surface area (Å²) in [4.78, 5) is 0. The Morgan fingerprint density at radius 3 is 2.62 bits per heavy atom. The molecule has 0 bridgehead atoms. The summed E-state index contributed by atoms with van der Waals surface area (Å²) in [5, 5.41) is 8.81. The molecule has 16 heavy (non-hydrogen) atoms. The normalized spacial score (nSPS) is 19.2. The number of nitrogens with zero attached hydrogens (tertiary/aromatic N) is 1. The van der Waals surface area contributed by atoms with Gasteiger partial charge in [-0.3, -0.25) is 0 Å². The van der Waals surface area contributed by atoms with Crippen molar-refractivity contribution >= 4 is 12.6 Å². The number of nitriles is 1. The molecular weight excluding hydrogens is 201 g/mol. The third-order valence-corrected chi connectivity index (χ3v) is 2.54. The standard InChI is InChI=1S/C12H14BNO2/c1-12(2)8-15-13(16-9-12)11-5-3-4-10(6-11)7-14/h3-6H,8-9H2,1-2H3. The Bertz CT molecular complexity index is 415. The molecule has 0 spiro atoms. The monoisotopic (exact) mass is 215 g/mol. The number of hydrogen-bond donors (Lipinski definition) is 0. The molecule has 0 N–H and O–H groups in total. The summed E-state index contributed by atoms with van der Waals surface area (Å²) < 4.78 is 11.3. The van der Waals surface area contributed by atoms with E-state index >= 15 is 0 Å². The van der Waals surface area contributed by atoms with E-state index in [4.69, 9.17) is 14.6 Å². The lowest BCUT2D eigenvalue weighted by Gasteiger charge is -2.33. The van der Waals surface area contributed by atoms with Crippen LogP contribution < -0.4 is 5.46 Å². The van der Waals surface area contributed by atoms with E-state index in [0.717, 1.165) is 5.46 Å². The van der Waals surface area contributed by atoms with Crippen molar-refractivity contribution in [2.45, 2.75) is 13.8 Å². The summed E-state index contributed by atoms with van der Waals surface area (Å²) >= 11 is 0. The molecule has 1 saturated heterocycles. The highest BCUT2D eigenvalue weighted by Crippen LogP contribution is 2.21. The topological polar surface area (TPSA) is 42.2 Å². The van der Waals surface area contributed by atoms with Crippen LogP contribution in [0.4, 0.5) is 0 Å². The minimum absolute atomic E-state index is 0.0728. The van der Waals surface area contributed by atoms with E-state index in [2.05, 4.69) is 19.9 Å². The maximum atomic E-state index is 8.81. The summed E-state index contributed by atoms with van der Waals surface area (Å²) in [7, 11) is -0.332. The van der Waals surface area contributed by atoms with Crippen molar-refractivity contribution in [1.82, 2.24) is 0 Å². The molecular formula is C12H14BNO2. The van der Waals surface area contributed by atoms with Crippen LogP contribution in [0, 0.1) is 16.7 Å². The zero-order valence-corrected chi connectivity index (χ0v) is 9.56. The summed E-state index contributed by atoms with van der Waals surface area (Å²) in [5.41, 5.74) is 1.62. The van der Waals surface area contributed by atoms with Crippen LogP contribution in [-0.4, -0.2) is 20.3 Å². The first-order valence-electron chi connectivity index (χ1n) is 5.34. The number of rotatable bonds is 1. The molecule has 1 aliphatic rings. The Balaban J connectivity index is 2.11. The average Bonchev–Trinajstić information content (AvgIpc) is 2.29. The molecule has 1 heterocycles. The molecule has 0 aromatic heterocycles. The molecule has 1 aromatic carbocycles. The van der Waals surface area contributed by atoms with Gasteiger partial charge >= 0.3 is 7.12 Å². The van der Waals surface area contributed by atoms with E-state index in [1.165, 1.54) is 0 Å². The maximum Gasteiger partial charge on any atom is 0.493 e. The first-order valence-corrected chi connectivity index (χ1v) is 5.34. The first kappa shape index (κ1) is 11.2. The lowest BCUT2D eigenvalue weighted by Crippen LogP contribution is -2.47. The molecule has 82 valence electrons. The van der Waals surface area contributed by atoms with Gasteiger partial charge in [-0.1, -0.05) is 26.0 Å². The van der Waals surface area contributed by atoms with Gasteiger partial charge in [0.15, 0.2) is 0 Å². The zero-order chi connectivity index (χ0) is 11.6. The molecule has 0 atom stereocenters. The van der Waals surface area contributed by atoms with Gasteiger partial charge in [-0.05, 0) is 17.6 Å². The third-order valence-electron chi connectivity index (χ3n) is 2.54. The molecule has 0 saturated carbocycles. The van der Waals surface area contributed by atoms with Gasteiger partial charge in [0.1, 0.15) is 0 Å². The Kier molecular flexibility index (Phi) is 3.00. The van der Waals surface area contributed by atoms with Gasteiger partial charge in [0, 0.05) is 18.6 Å². The van der Waals surface area contributed by atoms with E-state index in [9.17, 15) is 0 Å². The minimum Gasteiger partial charge on any atom is -0.407 e. The Morgan fingerprint density at radius 1 is 1.31 bits per heavy atom. The van der Waals surface area contributed by atoms with Gasteiger partial charge in [-0.25, -0.2) is 0 Å². The highest BCUT2D eigenvalue weighted by molar-refractivity contribution is 6.61. The van der Waals surface area contributed by atoms with Gasteiger partial charge in [0.25, 0.3) is 0 Å². The molecule has 1 aromatic rings. The molecule has 0 unspecified atom stereocenters. The van der Waals surface area contributed by atoms with Crippen LogP contribution in [0.25, 0.3) is 0 Å². The summed E-state index contributed by atoms with van der Waals surface area (Å²) in [6, 6.07) is 9.46. The molecule has 2 rings (SSSR count). The van der Waals surface area contributed by atoms with Gasteiger partial charge in [-0.2, -0.15) is 5.26 Å². The molecule has 1 fully saturated rings. The van der Waals surface area contributed by atoms with E-state index in [1.54, 1.807) is 6.07 Å². The van der Waals surface area contributed by atoms with E-state index in [0.29, 0.717) is 18.8 Å². The zero-order valence-electron chi connectivity index (χ0n) is 9.56. The third kappa shape index (κ3) is 2.44. The van der Waals surface area contributed by atoms with Crippen molar-refractivity contribution in [3.05, 3.63) is 29.8 Å². The van der Waals surface area contributed by atoms with E-state index in [-0.39, 0.29) is 12.5 Å². The minimum atomic E-state index is -0.332. The highest BCUT2D eigenvalue weighted by atomic mass is 16.6. The smallest absolute Gasteiger partial charge is 0.407 e. The van der Waals surface area contributed by atoms with Gasteiger partial charge in [-0.15, -0.1) is 0 Å². The number of benzene rings is 1. The van der Waals surface area contributed by atoms with Gasteiger partial charge < -0.3 is 9.31 Å². The van der Waals surface area contributed by atoms with Crippen molar-refractivity contribution < 1.29 is 9.31 Å². The largest absolute Gasteiger partial charge is 0.493 e. The molecule has 4 heteroatoms. The Morgan fingerprint density at radius 2 is 2.00 bits per heavy atom. The van der Waals surface area contributed by atoms with Crippen molar-refractivity contribution in [1.29, 1.82) is 5.26 Å². The molecule has 3 nitrogen and oxygen atoms in total. The fourth-order valence-corrected chi connectivity index (χ4v) is 1.64. The van der Waals surface area contributed by atoms with E-state index < -0.39 is 0 Å². The lowest BCUT2D eigenvalue weighted by molar-refractivity contribution is 0.0343. The lowest BCUT2D eigenvalue weighted by atomic mass is 9.75. The second-order valence-corrected chi connectivity index (χ2v) is 4.86. The highest BCUT2D eigenvalue weighted by Gasteiger charge is 2.33. The maximum absolute atomic E-state index is 8.81. The second-order valence-electron chi connectivity index (χ2n) is 4.86. The fourth-order valence-electron chi connectivity index (χ4n) is 1.64. The van der Waals surface area contributed by atoms with Crippen molar-refractivity contribution in [2.24, 2.45) is 5.41 Å². The Hall–Kier alpha value is -1.31. The summed E-state index contributed by atoms with van der Waals surface area (Å²) in [5.74, 6) is 0. The fraction of sp³-hybridized carbons (Fsp3) is 0.417. The predicted molar refractivity (Wildman–Crippen MR) is 62.2 cm³/mol. The van der Waals surface area contributed by atoms with Gasteiger partial charge in [0.05, 0.1) is 11.6 Å². The van der Waals surface area contributed by atoms with Crippen LogP contribution in [-0.2, 0) is 9.31 Å². The van der Waals surface area contributed by atoms with Crippen molar-refractivity contribution in [2.75, 3.05) is 13.2 Å². The van der Waals surface area contributed by atoms with Crippen LogP contribution >= 0.6 is 0 Å². The van der Waals surface area contributed by atoms with Crippen LogP contribution in [0.15, 0.2) is 24.3 Å². The average molecular weight is 215 g/mol. The number of hydrogen-bond acceptors (Lipinski definition) is 3. The van der Waals surface area contributed by atoms with Gasteiger partial charge in [0.2, 0.25) is 0 Å². The Labute approximate surface area is 96.1 Å². The summed E-state index contributed by atoms with van der Waals surface area (Å²) in [6.45, 7) is 5.56. The summed E-state index contributed by atoms with van der Waals surface area (Å²) in [6.07, 6.45) is 0. The van der Waals surface area contributed by atoms with Crippen LogP contribution in [0.3, 0.4) is 0 Å². The van der Waals surface area contributed by atoms with Crippen molar-refractivity contribution in [3.8, 4) is 6.07 Å². The van der Waals surface area contributed by atoms with E-state index in [1.807, 2.05) is 18.2 Å². The molecule has 0 radical (unpaired) electrons. The molecule has 1 aliphatic heterocycles. The predicted octanol–water partition coefficient (Wildman–Crippen LogP) is 1.33. The van der Waals surface area contributed by atoms with Crippen LogP contribution in [0.1, 0.15) is 19.4 Å².